The van der Waals surface area contributed by atoms with Crippen LogP contribution < -0.4 is 5.73 Å². The van der Waals surface area contributed by atoms with E-state index in [0.717, 1.165) is 35.6 Å². The number of aromatic nitrogens is 1. The molecule has 1 saturated heterocycles. The monoisotopic (exact) mass is 281 g/mol. The third-order valence-electron chi connectivity index (χ3n) is 4.58. The lowest BCUT2D eigenvalue weighted by Gasteiger charge is -2.25. The first-order valence-corrected chi connectivity index (χ1v) is 7.66. The van der Waals surface area contributed by atoms with Gasteiger partial charge >= 0.3 is 0 Å². The molecule has 1 atom stereocenters. The summed E-state index contributed by atoms with van der Waals surface area (Å²) in [6, 6.07) is 11.3. The molecule has 2 aromatic rings. The maximum absolute atomic E-state index is 6.14. The van der Waals surface area contributed by atoms with Crippen molar-refractivity contribution in [3.8, 4) is 0 Å². The van der Waals surface area contributed by atoms with Crippen LogP contribution in [0.15, 0.2) is 36.5 Å². The molecule has 1 aliphatic rings. The van der Waals surface area contributed by atoms with Gasteiger partial charge in [0.15, 0.2) is 0 Å². The molecule has 0 saturated carbocycles. The number of hydrogen-bond acceptors (Lipinski definition) is 3. The van der Waals surface area contributed by atoms with Gasteiger partial charge in [-0.1, -0.05) is 30.3 Å². The topological polar surface area (TPSA) is 42.2 Å². The fourth-order valence-electron chi connectivity index (χ4n) is 3.21. The van der Waals surface area contributed by atoms with Gasteiger partial charge in [-0.15, -0.1) is 0 Å². The predicted octanol–water partition coefficient (Wildman–Crippen LogP) is 3.62. The smallest absolute Gasteiger partial charge is 0.0593 e. The summed E-state index contributed by atoms with van der Waals surface area (Å²) in [5, 5.41) is 0. The summed E-state index contributed by atoms with van der Waals surface area (Å²) in [4.78, 5) is 7.14. The van der Waals surface area contributed by atoms with Crippen molar-refractivity contribution >= 4 is 5.69 Å². The van der Waals surface area contributed by atoms with E-state index in [0.29, 0.717) is 6.04 Å². The van der Waals surface area contributed by atoms with E-state index in [1.165, 1.54) is 18.4 Å². The summed E-state index contributed by atoms with van der Waals surface area (Å²) < 4.78 is 0. The molecule has 1 aromatic carbocycles. The zero-order chi connectivity index (χ0) is 14.8. The zero-order valence-electron chi connectivity index (χ0n) is 12.8. The van der Waals surface area contributed by atoms with Gasteiger partial charge in [0.2, 0.25) is 0 Å². The number of pyridine rings is 1. The van der Waals surface area contributed by atoms with Crippen molar-refractivity contribution in [1.82, 2.24) is 9.88 Å². The Hall–Kier alpha value is -1.87. The van der Waals surface area contributed by atoms with Crippen LogP contribution in [0.5, 0.6) is 0 Å². The van der Waals surface area contributed by atoms with Crippen molar-refractivity contribution in [3.63, 3.8) is 0 Å². The Morgan fingerprint density at radius 3 is 2.76 bits per heavy atom. The largest absolute Gasteiger partial charge is 0.398 e. The third kappa shape index (κ3) is 2.79. The summed E-state index contributed by atoms with van der Waals surface area (Å²) in [5.41, 5.74) is 11.8. The molecule has 0 spiro atoms. The first-order chi connectivity index (χ1) is 10.2. The van der Waals surface area contributed by atoms with Crippen LogP contribution in [0.3, 0.4) is 0 Å². The number of likely N-dealkylation sites (tertiary alicyclic amines) is 1. The molecule has 3 heteroatoms. The lowest BCUT2D eigenvalue weighted by Crippen LogP contribution is -2.24. The SMILES string of the molecule is Cc1cnc(CN2CCCC2c2ccccc2)c(C)c1N. The van der Waals surface area contributed by atoms with Gasteiger partial charge in [-0.2, -0.15) is 0 Å². The molecular formula is C18H23N3. The van der Waals surface area contributed by atoms with Gasteiger partial charge in [-0.3, -0.25) is 9.88 Å². The second-order valence-electron chi connectivity index (χ2n) is 5.97. The number of benzene rings is 1. The van der Waals surface area contributed by atoms with E-state index in [2.05, 4.69) is 47.1 Å². The minimum absolute atomic E-state index is 0.509. The van der Waals surface area contributed by atoms with Gasteiger partial charge in [0.25, 0.3) is 0 Å². The van der Waals surface area contributed by atoms with Crippen LogP contribution >= 0.6 is 0 Å². The van der Waals surface area contributed by atoms with Crippen molar-refractivity contribution in [3.05, 3.63) is 58.9 Å². The lowest BCUT2D eigenvalue weighted by molar-refractivity contribution is 0.245. The lowest BCUT2D eigenvalue weighted by atomic mass is 10.0. The first kappa shape index (κ1) is 14.1. The predicted molar refractivity (Wildman–Crippen MR) is 87.0 cm³/mol. The highest BCUT2D eigenvalue weighted by Gasteiger charge is 2.26. The first-order valence-electron chi connectivity index (χ1n) is 7.66. The maximum atomic E-state index is 6.14. The van der Waals surface area contributed by atoms with Gasteiger partial charge in [0.05, 0.1) is 5.69 Å². The Balaban J connectivity index is 1.83. The molecule has 0 radical (unpaired) electrons. The van der Waals surface area contributed by atoms with Crippen molar-refractivity contribution in [2.24, 2.45) is 0 Å². The van der Waals surface area contributed by atoms with E-state index in [-0.39, 0.29) is 0 Å². The van der Waals surface area contributed by atoms with Crippen LogP contribution in [0, 0.1) is 13.8 Å². The quantitative estimate of drug-likeness (QED) is 0.934. The maximum Gasteiger partial charge on any atom is 0.0593 e. The molecule has 1 fully saturated rings. The van der Waals surface area contributed by atoms with Crippen LogP contribution in [0.1, 0.15) is 41.3 Å². The number of rotatable bonds is 3. The fraction of sp³-hybridized carbons (Fsp3) is 0.389. The summed E-state index contributed by atoms with van der Waals surface area (Å²) in [6.07, 6.45) is 4.37. The second kappa shape index (κ2) is 5.86. The number of aryl methyl sites for hydroxylation is 1. The molecule has 1 aliphatic heterocycles. The van der Waals surface area contributed by atoms with E-state index >= 15 is 0 Å². The second-order valence-corrected chi connectivity index (χ2v) is 5.97. The van der Waals surface area contributed by atoms with Gasteiger partial charge in [0, 0.05) is 24.5 Å². The number of hydrogen-bond donors (Lipinski definition) is 1. The van der Waals surface area contributed by atoms with E-state index in [9.17, 15) is 0 Å². The minimum Gasteiger partial charge on any atom is -0.398 e. The normalized spacial score (nSPS) is 19.0. The summed E-state index contributed by atoms with van der Waals surface area (Å²) in [7, 11) is 0. The summed E-state index contributed by atoms with van der Waals surface area (Å²) >= 11 is 0. The number of anilines is 1. The molecule has 0 amide bonds. The molecule has 2 heterocycles. The highest BCUT2D eigenvalue weighted by molar-refractivity contribution is 5.53. The van der Waals surface area contributed by atoms with Crippen LogP contribution in [-0.2, 0) is 6.54 Å². The molecule has 1 unspecified atom stereocenters. The Bertz CT molecular complexity index is 622. The molecule has 0 bridgehead atoms. The number of nitrogen functional groups attached to an aromatic ring is 1. The molecule has 2 N–H and O–H groups in total. The third-order valence-corrected chi connectivity index (χ3v) is 4.58. The summed E-state index contributed by atoms with van der Waals surface area (Å²) in [6.45, 7) is 6.12. The molecule has 3 rings (SSSR count). The Morgan fingerprint density at radius 2 is 2.00 bits per heavy atom. The van der Waals surface area contributed by atoms with Crippen LogP contribution in [0.2, 0.25) is 0 Å². The Labute approximate surface area is 126 Å². The van der Waals surface area contributed by atoms with Crippen molar-refractivity contribution in [2.75, 3.05) is 12.3 Å². The standard InChI is InChI=1S/C18H23N3/c1-13-11-20-16(14(2)18(13)19)12-21-10-6-9-17(21)15-7-4-3-5-8-15/h3-5,7-8,11,17H,6,9-10,12H2,1-2H3,(H2,19,20). The Kier molecular flexibility index (Phi) is 3.93. The highest BCUT2D eigenvalue weighted by atomic mass is 15.2. The van der Waals surface area contributed by atoms with Gasteiger partial charge in [-0.05, 0) is 49.9 Å². The summed E-state index contributed by atoms with van der Waals surface area (Å²) in [5.74, 6) is 0. The van der Waals surface area contributed by atoms with Crippen molar-refractivity contribution in [2.45, 2.75) is 39.3 Å². The van der Waals surface area contributed by atoms with Gasteiger partial charge in [-0.25, -0.2) is 0 Å². The Morgan fingerprint density at radius 1 is 1.24 bits per heavy atom. The van der Waals surface area contributed by atoms with Crippen LogP contribution in [-0.4, -0.2) is 16.4 Å². The van der Waals surface area contributed by atoms with E-state index in [1.807, 2.05) is 13.1 Å². The van der Waals surface area contributed by atoms with Gasteiger partial charge < -0.3 is 5.73 Å². The van der Waals surface area contributed by atoms with E-state index < -0.39 is 0 Å². The highest BCUT2D eigenvalue weighted by Crippen LogP contribution is 2.33. The number of nitrogens with two attached hydrogens (primary N) is 1. The fourth-order valence-corrected chi connectivity index (χ4v) is 3.21. The molecule has 1 aromatic heterocycles. The molecular weight excluding hydrogens is 258 g/mol. The average Bonchev–Trinajstić information content (AvgIpc) is 2.97. The van der Waals surface area contributed by atoms with Crippen molar-refractivity contribution < 1.29 is 0 Å². The van der Waals surface area contributed by atoms with Crippen LogP contribution in [0.4, 0.5) is 5.69 Å². The molecule has 0 aliphatic carbocycles. The van der Waals surface area contributed by atoms with Gasteiger partial charge in [0.1, 0.15) is 0 Å². The minimum atomic E-state index is 0.509. The molecule has 110 valence electrons. The van der Waals surface area contributed by atoms with E-state index in [4.69, 9.17) is 5.73 Å². The average molecular weight is 281 g/mol. The van der Waals surface area contributed by atoms with Crippen molar-refractivity contribution in [1.29, 1.82) is 0 Å². The number of nitrogens with zero attached hydrogens (tertiary/aromatic N) is 2. The van der Waals surface area contributed by atoms with Crippen LogP contribution in [0.25, 0.3) is 0 Å². The zero-order valence-corrected chi connectivity index (χ0v) is 12.8. The molecule has 21 heavy (non-hydrogen) atoms. The molecule has 3 nitrogen and oxygen atoms in total. The van der Waals surface area contributed by atoms with E-state index in [1.54, 1.807) is 0 Å².